The summed E-state index contributed by atoms with van der Waals surface area (Å²) >= 11 is 1.69. The Morgan fingerprint density at radius 2 is 2.23 bits per heavy atom. The molecular formula is C20H26N4OS. The second-order valence-electron chi connectivity index (χ2n) is 7.02. The number of hydrogen-bond acceptors (Lipinski definition) is 5. The lowest BCUT2D eigenvalue weighted by molar-refractivity contribution is 0.183. The Labute approximate surface area is 158 Å². The molecule has 0 radical (unpaired) electrons. The topological polar surface area (TPSA) is 47.1 Å². The van der Waals surface area contributed by atoms with E-state index in [4.69, 9.17) is 4.52 Å². The van der Waals surface area contributed by atoms with Crippen molar-refractivity contribution in [2.75, 3.05) is 6.54 Å². The Morgan fingerprint density at radius 1 is 1.31 bits per heavy atom. The van der Waals surface area contributed by atoms with Gasteiger partial charge in [-0.1, -0.05) is 24.1 Å². The lowest BCUT2D eigenvalue weighted by atomic mass is 10.1. The van der Waals surface area contributed by atoms with Crippen molar-refractivity contribution in [2.45, 2.75) is 58.7 Å². The number of nitrogens with zero attached hydrogens (tertiary/aromatic N) is 4. The largest absolute Gasteiger partial charge is 0.355 e. The Balaban J connectivity index is 1.58. The maximum atomic E-state index is 5.66. The summed E-state index contributed by atoms with van der Waals surface area (Å²) in [5.41, 5.74) is 3.52. The van der Waals surface area contributed by atoms with Crippen molar-refractivity contribution in [1.82, 2.24) is 19.8 Å². The molecule has 4 heterocycles. The first-order valence-electron chi connectivity index (χ1n) is 9.52. The van der Waals surface area contributed by atoms with Gasteiger partial charge in [0.25, 0.3) is 0 Å². The van der Waals surface area contributed by atoms with Crippen molar-refractivity contribution < 1.29 is 4.52 Å². The number of likely N-dealkylation sites (tertiary alicyclic amines) is 1. The minimum atomic E-state index is 0.319. The summed E-state index contributed by atoms with van der Waals surface area (Å²) in [4.78, 5) is 3.71. The Bertz CT molecular complexity index is 836. The first kappa shape index (κ1) is 17.5. The molecule has 0 aromatic carbocycles. The van der Waals surface area contributed by atoms with Gasteiger partial charge in [-0.3, -0.25) is 9.58 Å². The van der Waals surface area contributed by atoms with Crippen LogP contribution in [-0.2, 0) is 13.1 Å². The van der Waals surface area contributed by atoms with Crippen LogP contribution in [0.1, 0.15) is 55.6 Å². The zero-order valence-corrected chi connectivity index (χ0v) is 16.3. The zero-order chi connectivity index (χ0) is 17.9. The molecule has 1 fully saturated rings. The highest BCUT2D eigenvalue weighted by molar-refractivity contribution is 7.13. The van der Waals surface area contributed by atoms with Crippen LogP contribution in [0.5, 0.6) is 0 Å². The molecule has 0 N–H and O–H groups in total. The first-order chi connectivity index (χ1) is 12.7. The molecule has 0 spiro atoms. The molecule has 1 atom stereocenters. The SMILES string of the molecule is CCn1cc(CN2CCCCCC2c2cc(-c3cccs3)on2)c(C)n1. The quantitative estimate of drug-likeness (QED) is 0.631. The van der Waals surface area contributed by atoms with Crippen LogP contribution < -0.4 is 0 Å². The molecule has 3 aromatic heterocycles. The Kier molecular flexibility index (Phi) is 5.22. The molecule has 0 amide bonds. The number of rotatable bonds is 5. The highest BCUT2D eigenvalue weighted by Gasteiger charge is 2.27. The molecule has 1 saturated heterocycles. The van der Waals surface area contributed by atoms with E-state index in [1.807, 2.05) is 10.7 Å². The van der Waals surface area contributed by atoms with Gasteiger partial charge in [-0.15, -0.1) is 11.3 Å². The average Bonchev–Trinajstić information content (AvgIpc) is 3.36. The van der Waals surface area contributed by atoms with Gasteiger partial charge in [-0.25, -0.2) is 0 Å². The molecule has 1 aliphatic heterocycles. The van der Waals surface area contributed by atoms with Crippen LogP contribution in [0.3, 0.4) is 0 Å². The summed E-state index contributed by atoms with van der Waals surface area (Å²) in [6.45, 7) is 7.18. The summed E-state index contributed by atoms with van der Waals surface area (Å²) in [6, 6.07) is 6.59. The van der Waals surface area contributed by atoms with Gasteiger partial charge in [-0.2, -0.15) is 5.10 Å². The van der Waals surface area contributed by atoms with Crippen LogP contribution in [0.25, 0.3) is 10.6 Å². The smallest absolute Gasteiger partial charge is 0.177 e. The number of hydrogen-bond donors (Lipinski definition) is 0. The van der Waals surface area contributed by atoms with Gasteiger partial charge < -0.3 is 4.52 Å². The predicted molar refractivity (Wildman–Crippen MR) is 104 cm³/mol. The van der Waals surface area contributed by atoms with Crippen LogP contribution in [-0.4, -0.2) is 26.4 Å². The monoisotopic (exact) mass is 370 g/mol. The second-order valence-corrected chi connectivity index (χ2v) is 7.97. The van der Waals surface area contributed by atoms with Gasteiger partial charge in [0, 0.05) is 30.9 Å². The Hall–Kier alpha value is -1.92. The van der Waals surface area contributed by atoms with Gasteiger partial charge in [0.2, 0.25) is 0 Å². The van der Waals surface area contributed by atoms with E-state index in [1.54, 1.807) is 11.3 Å². The van der Waals surface area contributed by atoms with E-state index in [1.165, 1.54) is 24.8 Å². The molecule has 6 heteroatoms. The normalized spacial score (nSPS) is 18.9. The third-order valence-corrected chi connectivity index (χ3v) is 6.13. The molecular weight excluding hydrogens is 344 g/mol. The molecule has 0 bridgehead atoms. The maximum Gasteiger partial charge on any atom is 0.177 e. The van der Waals surface area contributed by atoms with E-state index in [-0.39, 0.29) is 0 Å². The van der Waals surface area contributed by atoms with E-state index in [0.717, 1.165) is 48.1 Å². The number of aryl methyl sites for hydroxylation is 2. The number of thiophene rings is 1. The number of aromatic nitrogens is 3. The van der Waals surface area contributed by atoms with Gasteiger partial charge in [0.1, 0.15) is 5.69 Å². The molecule has 1 aliphatic rings. The van der Waals surface area contributed by atoms with Crippen LogP contribution in [0.4, 0.5) is 0 Å². The molecule has 138 valence electrons. The highest BCUT2D eigenvalue weighted by atomic mass is 32.1. The zero-order valence-electron chi connectivity index (χ0n) is 15.5. The molecule has 5 nitrogen and oxygen atoms in total. The minimum absolute atomic E-state index is 0.319. The summed E-state index contributed by atoms with van der Waals surface area (Å²) in [7, 11) is 0. The van der Waals surface area contributed by atoms with Gasteiger partial charge in [-0.05, 0) is 44.7 Å². The van der Waals surface area contributed by atoms with Crippen molar-refractivity contribution >= 4 is 11.3 Å². The molecule has 3 aromatic rings. The highest BCUT2D eigenvalue weighted by Crippen LogP contribution is 2.34. The van der Waals surface area contributed by atoms with E-state index >= 15 is 0 Å². The fourth-order valence-electron chi connectivity index (χ4n) is 3.77. The molecule has 0 saturated carbocycles. The molecule has 1 unspecified atom stereocenters. The first-order valence-corrected chi connectivity index (χ1v) is 10.4. The fourth-order valence-corrected chi connectivity index (χ4v) is 4.44. The van der Waals surface area contributed by atoms with Crippen molar-refractivity contribution in [3.05, 3.63) is 46.7 Å². The van der Waals surface area contributed by atoms with Gasteiger partial charge in [0.05, 0.1) is 16.6 Å². The third kappa shape index (κ3) is 3.62. The third-order valence-electron chi connectivity index (χ3n) is 5.24. The van der Waals surface area contributed by atoms with Crippen molar-refractivity contribution in [3.8, 4) is 10.6 Å². The lowest BCUT2D eigenvalue weighted by Crippen LogP contribution is -2.28. The summed E-state index contributed by atoms with van der Waals surface area (Å²) in [5, 5.41) is 11.1. The minimum Gasteiger partial charge on any atom is -0.355 e. The average molecular weight is 371 g/mol. The molecule has 4 rings (SSSR count). The maximum absolute atomic E-state index is 5.66. The van der Waals surface area contributed by atoms with E-state index in [0.29, 0.717) is 6.04 Å². The van der Waals surface area contributed by atoms with Gasteiger partial charge >= 0.3 is 0 Å². The van der Waals surface area contributed by atoms with Crippen molar-refractivity contribution in [3.63, 3.8) is 0 Å². The second kappa shape index (κ2) is 7.76. The fraction of sp³-hybridized carbons (Fsp3) is 0.500. The van der Waals surface area contributed by atoms with Crippen LogP contribution in [0, 0.1) is 6.92 Å². The van der Waals surface area contributed by atoms with E-state index < -0.39 is 0 Å². The lowest BCUT2D eigenvalue weighted by Gasteiger charge is -2.28. The van der Waals surface area contributed by atoms with Crippen LogP contribution in [0.15, 0.2) is 34.3 Å². The Morgan fingerprint density at radius 3 is 3.00 bits per heavy atom. The molecule has 26 heavy (non-hydrogen) atoms. The standard InChI is InChI=1S/C20H26N4OS/c1-3-24-14-16(15(2)21-24)13-23-10-6-4-5-8-18(23)17-12-19(25-22-17)20-9-7-11-26-20/h7,9,11-12,14,18H,3-6,8,10,13H2,1-2H3. The predicted octanol–water partition coefficient (Wildman–Crippen LogP) is 5.05. The summed E-state index contributed by atoms with van der Waals surface area (Å²) in [6.07, 6.45) is 7.10. The van der Waals surface area contributed by atoms with Crippen LogP contribution in [0.2, 0.25) is 0 Å². The van der Waals surface area contributed by atoms with E-state index in [9.17, 15) is 0 Å². The molecule has 0 aliphatic carbocycles. The van der Waals surface area contributed by atoms with Crippen molar-refractivity contribution in [1.29, 1.82) is 0 Å². The summed E-state index contributed by atoms with van der Waals surface area (Å²) in [5.74, 6) is 0.884. The van der Waals surface area contributed by atoms with Crippen LogP contribution >= 0.6 is 11.3 Å². The van der Waals surface area contributed by atoms with Gasteiger partial charge in [0.15, 0.2) is 5.76 Å². The van der Waals surface area contributed by atoms with E-state index in [2.05, 4.69) is 52.7 Å². The summed E-state index contributed by atoms with van der Waals surface area (Å²) < 4.78 is 7.69. The van der Waals surface area contributed by atoms with Crippen molar-refractivity contribution in [2.24, 2.45) is 0 Å².